The van der Waals surface area contributed by atoms with Crippen LogP contribution in [0.25, 0.3) is 33.4 Å². The monoisotopic (exact) mass is 1120 g/mol. The molecule has 73 heavy (non-hydrogen) atoms. The molecule has 0 unspecified atom stereocenters. The molecular formula is C69H58N3Pt-3. The molecule has 9 aromatic rings. The summed E-state index contributed by atoms with van der Waals surface area (Å²) < 4.78 is 0. The number of fused-ring (bicyclic) bond motifs is 9. The second-order valence-electron chi connectivity index (χ2n) is 21.6. The Morgan fingerprint density at radius 3 is 1.22 bits per heavy atom. The zero-order chi connectivity index (χ0) is 49.4. The van der Waals surface area contributed by atoms with Crippen LogP contribution in [-0.2, 0) is 37.4 Å². The van der Waals surface area contributed by atoms with E-state index in [-0.39, 0.29) is 21.1 Å². The first-order valence-electron chi connectivity index (χ1n) is 25.6. The summed E-state index contributed by atoms with van der Waals surface area (Å²) in [6, 6.07) is 69.4. The molecule has 0 atom stereocenters. The Labute approximate surface area is 446 Å². The van der Waals surface area contributed by atoms with Crippen molar-refractivity contribution in [3.05, 3.63) is 295 Å². The molecule has 1 aliphatic heterocycles. The van der Waals surface area contributed by atoms with E-state index in [4.69, 9.17) is 4.98 Å². The van der Waals surface area contributed by atoms with Gasteiger partial charge in [0.25, 0.3) is 0 Å². The Morgan fingerprint density at radius 1 is 0.438 bits per heavy atom. The van der Waals surface area contributed by atoms with Crippen LogP contribution in [0, 0.1) is 60.3 Å². The fourth-order valence-corrected chi connectivity index (χ4v) is 13.3. The van der Waals surface area contributed by atoms with Crippen molar-refractivity contribution in [2.24, 2.45) is 0 Å². The average Bonchev–Trinajstić information content (AvgIpc) is 4.10. The summed E-state index contributed by atoms with van der Waals surface area (Å²) in [5.74, 6) is 0.323. The van der Waals surface area contributed by atoms with Crippen LogP contribution >= 0.6 is 0 Å². The molecule has 4 heteroatoms. The van der Waals surface area contributed by atoms with E-state index in [1.54, 1.807) is 0 Å². The molecule has 3 aliphatic carbocycles. The molecule has 0 bridgehead atoms. The maximum Gasteiger partial charge on any atom is 0.0686 e. The number of pyridine rings is 1. The third kappa shape index (κ3) is 6.57. The molecule has 0 radical (unpaired) electrons. The molecule has 0 N–H and O–H groups in total. The maximum absolute atomic E-state index is 5.40. The largest absolute Gasteiger partial charge is 0.511 e. The Hall–Kier alpha value is -7.06. The van der Waals surface area contributed by atoms with Gasteiger partial charge in [-0.3, -0.25) is 4.98 Å². The molecule has 3 nitrogen and oxygen atoms in total. The summed E-state index contributed by atoms with van der Waals surface area (Å²) in [7, 11) is 2.12. The summed E-state index contributed by atoms with van der Waals surface area (Å²) in [6.07, 6.45) is 6.42. The second-order valence-corrected chi connectivity index (χ2v) is 21.6. The van der Waals surface area contributed by atoms with Crippen molar-refractivity contribution in [1.29, 1.82) is 0 Å². The average molecular weight is 1120 g/mol. The molecule has 2 heterocycles. The summed E-state index contributed by atoms with van der Waals surface area (Å²) >= 11 is 0. The van der Waals surface area contributed by atoms with Gasteiger partial charge >= 0.3 is 0 Å². The van der Waals surface area contributed by atoms with Crippen LogP contribution in [0.3, 0.4) is 0 Å². The van der Waals surface area contributed by atoms with Crippen LogP contribution in [0.5, 0.6) is 0 Å². The van der Waals surface area contributed by atoms with E-state index < -0.39 is 16.4 Å². The minimum absolute atomic E-state index is 0. The zero-order valence-electron chi connectivity index (χ0n) is 43.1. The predicted octanol–water partition coefficient (Wildman–Crippen LogP) is 15.5. The predicted molar refractivity (Wildman–Crippen MR) is 294 cm³/mol. The Bertz CT molecular complexity index is 3630. The van der Waals surface area contributed by atoms with Gasteiger partial charge in [-0.15, -0.1) is 22.3 Å². The van der Waals surface area contributed by atoms with E-state index in [1.807, 2.05) is 6.20 Å². The molecule has 0 amide bonds. The summed E-state index contributed by atoms with van der Waals surface area (Å²) in [4.78, 5) is 9.98. The molecule has 0 saturated carbocycles. The van der Waals surface area contributed by atoms with E-state index >= 15 is 0 Å². The Kier molecular flexibility index (Phi) is 10.9. The number of benzene rings is 8. The van der Waals surface area contributed by atoms with Crippen molar-refractivity contribution < 1.29 is 21.1 Å². The van der Waals surface area contributed by atoms with Crippen LogP contribution < -0.4 is 0 Å². The summed E-state index contributed by atoms with van der Waals surface area (Å²) in [5, 5.41) is 0. The third-order valence-electron chi connectivity index (χ3n) is 16.5. The first-order chi connectivity index (χ1) is 34.8. The Morgan fingerprint density at radius 2 is 0.808 bits per heavy atom. The van der Waals surface area contributed by atoms with Gasteiger partial charge in [-0.1, -0.05) is 156 Å². The van der Waals surface area contributed by atoms with Crippen molar-refractivity contribution in [3.8, 4) is 33.4 Å². The molecule has 13 rings (SSSR count). The molecule has 362 valence electrons. The fraction of sp³-hybridized carbons (Fsp3) is 0.188. The smallest absolute Gasteiger partial charge is 0.0686 e. The molecular weight excluding hydrogens is 1070 g/mol. The third-order valence-corrected chi connectivity index (χ3v) is 16.5. The van der Waals surface area contributed by atoms with Crippen molar-refractivity contribution in [2.75, 3.05) is 7.05 Å². The van der Waals surface area contributed by atoms with Gasteiger partial charge in [0.05, 0.1) is 16.6 Å². The molecule has 8 aromatic carbocycles. The standard InChI is InChI=1S/C69H58N3.Pt/c1-42(2)49-28-29-70-66(38-49)68(62-24-18-45(5)34-56(62)57-35-46(6)19-25-63(57)68)52-14-10-12-50(39-52)67(60-22-16-43(3)32-54(60)55-33-44(4)17-23-61(55)67)51-13-11-15-53(40-51)69(72-31-30-71(9)41-72)64-26-20-47(7)36-58(64)59-37-48(8)21-27-65(59)69;/h10-38,41-42H,1-9H3;/q-3;. The van der Waals surface area contributed by atoms with Crippen LogP contribution in [-0.4, -0.2) is 21.8 Å². The number of hydrogen-bond donors (Lipinski definition) is 0. The van der Waals surface area contributed by atoms with Gasteiger partial charge < -0.3 is 9.80 Å². The first-order valence-corrected chi connectivity index (χ1v) is 25.6. The molecule has 0 saturated heterocycles. The van der Waals surface area contributed by atoms with Crippen LogP contribution in [0.4, 0.5) is 0 Å². The number of aromatic nitrogens is 1. The van der Waals surface area contributed by atoms with Gasteiger partial charge in [-0.25, -0.2) is 0 Å². The fourth-order valence-electron chi connectivity index (χ4n) is 13.3. The van der Waals surface area contributed by atoms with E-state index in [9.17, 15) is 0 Å². The van der Waals surface area contributed by atoms with Crippen molar-refractivity contribution in [1.82, 2.24) is 14.8 Å². The van der Waals surface area contributed by atoms with E-state index in [1.165, 1.54) is 106 Å². The zero-order valence-corrected chi connectivity index (χ0v) is 45.3. The van der Waals surface area contributed by atoms with E-state index in [2.05, 4.69) is 261 Å². The maximum atomic E-state index is 5.40. The van der Waals surface area contributed by atoms with Gasteiger partial charge in [0.1, 0.15) is 0 Å². The normalized spacial score (nSPS) is 15.6. The van der Waals surface area contributed by atoms with E-state index in [0.29, 0.717) is 5.92 Å². The molecule has 0 fully saturated rings. The van der Waals surface area contributed by atoms with Gasteiger partial charge in [-0.05, 0) is 151 Å². The first kappa shape index (κ1) is 47.0. The van der Waals surface area contributed by atoms with Gasteiger partial charge in [-0.2, -0.15) is 55.2 Å². The topological polar surface area (TPSA) is 19.4 Å². The number of nitrogens with zero attached hydrogens (tertiary/aromatic N) is 3. The molecule has 0 spiro atoms. The van der Waals surface area contributed by atoms with Crippen molar-refractivity contribution in [2.45, 2.75) is 77.7 Å². The van der Waals surface area contributed by atoms with Crippen molar-refractivity contribution >= 4 is 0 Å². The van der Waals surface area contributed by atoms with Gasteiger partial charge in [0, 0.05) is 32.7 Å². The second kappa shape index (κ2) is 17.0. The molecule has 1 aromatic heterocycles. The number of rotatable bonds is 7. The van der Waals surface area contributed by atoms with Gasteiger partial charge in [0.15, 0.2) is 0 Å². The minimum atomic E-state index is -0.815. The van der Waals surface area contributed by atoms with Crippen molar-refractivity contribution in [3.63, 3.8) is 0 Å². The molecule has 4 aliphatic rings. The SMILES string of the molecule is Cc1ccc2c(c1)-c1cc(C)ccc1C2(c1[c-]c(C2(c3cc(C(C)C)ccn3)c3ccc(C)cc3-c3cc(C)ccc32)ccc1)c1[c-]c(C2(N3C=CN(C)[CH-]3)c3ccc(C)cc3-c3cc(C)ccc32)ccc1.[Pt]. The van der Waals surface area contributed by atoms with Crippen LogP contribution in [0.2, 0.25) is 0 Å². The van der Waals surface area contributed by atoms with E-state index in [0.717, 1.165) is 27.9 Å². The minimum Gasteiger partial charge on any atom is -0.511 e. The van der Waals surface area contributed by atoms with Crippen LogP contribution in [0.1, 0.15) is 120 Å². The summed E-state index contributed by atoms with van der Waals surface area (Å²) in [6.45, 7) is 20.0. The summed E-state index contributed by atoms with van der Waals surface area (Å²) in [5.41, 5.74) is 26.8. The van der Waals surface area contributed by atoms with Gasteiger partial charge in [0.2, 0.25) is 0 Å². The number of hydrogen-bond acceptors (Lipinski definition) is 3. The number of aryl methyl sites for hydroxylation is 6. The quantitative estimate of drug-likeness (QED) is 0.148. The Balaban J connectivity index is 0.00000543. The van der Waals surface area contributed by atoms with Crippen LogP contribution in [0.15, 0.2) is 176 Å².